The van der Waals surface area contributed by atoms with E-state index in [0.29, 0.717) is 6.61 Å². The van der Waals surface area contributed by atoms with E-state index < -0.39 is 0 Å². The number of aromatic nitrogens is 2. The predicted molar refractivity (Wildman–Crippen MR) is 59.1 cm³/mol. The molecular formula is C11H11ClN2O. The van der Waals surface area contributed by atoms with Crippen LogP contribution in [-0.4, -0.2) is 16.2 Å². The molecule has 3 rings (SSSR count). The Bertz CT molecular complexity index is 533. The van der Waals surface area contributed by atoms with Crippen molar-refractivity contribution in [3.63, 3.8) is 0 Å². The van der Waals surface area contributed by atoms with Crippen molar-refractivity contribution in [2.75, 3.05) is 6.61 Å². The molecule has 1 aromatic carbocycles. The Hall–Kier alpha value is -1.06. The Labute approximate surface area is 92.6 Å². The van der Waals surface area contributed by atoms with E-state index in [9.17, 15) is 0 Å². The summed E-state index contributed by atoms with van der Waals surface area (Å²) in [6, 6.07) is 4.02. The van der Waals surface area contributed by atoms with Gasteiger partial charge in [-0.2, -0.15) is 0 Å². The predicted octanol–water partition coefficient (Wildman–Crippen LogP) is 2.53. The maximum Gasteiger partial charge on any atom is 0.136 e. The first-order chi connectivity index (χ1) is 7.25. The molecule has 0 amide bonds. The van der Waals surface area contributed by atoms with Gasteiger partial charge < -0.3 is 9.30 Å². The van der Waals surface area contributed by atoms with Crippen LogP contribution in [0.5, 0.6) is 0 Å². The lowest BCUT2D eigenvalue weighted by Gasteiger charge is -2.14. The maximum atomic E-state index is 6.11. The molecule has 1 aliphatic rings. The highest BCUT2D eigenvalue weighted by Crippen LogP contribution is 2.25. The molecule has 0 saturated carbocycles. The third-order valence-corrected chi connectivity index (χ3v) is 3.21. The second-order valence-corrected chi connectivity index (χ2v) is 4.23. The van der Waals surface area contributed by atoms with Gasteiger partial charge in [0.15, 0.2) is 0 Å². The first-order valence-electron chi connectivity index (χ1n) is 4.99. The number of hydrogen-bond acceptors (Lipinski definition) is 2. The van der Waals surface area contributed by atoms with Crippen LogP contribution in [0.15, 0.2) is 12.1 Å². The van der Waals surface area contributed by atoms with Crippen LogP contribution in [0.4, 0.5) is 0 Å². The molecule has 0 aliphatic carbocycles. The van der Waals surface area contributed by atoms with E-state index in [2.05, 4.69) is 9.55 Å². The molecule has 2 aromatic rings. The largest absolute Gasteiger partial charge is 0.372 e. The minimum Gasteiger partial charge on any atom is -0.372 e. The molecule has 0 N–H and O–H groups in total. The summed E-state index contributed by atoms with van der Waals surface area (Å²) in [7, 11) is 0. The molecule has 0 bridgehead atoms. The minimum absolute atomic E-state index is 0.603. The zero-order valence-electron chi connectivity index (χ0n) is 8.46. The second-order valence-electron chi connectivity index (χ2n) is 3.82. The molecule has 3 nitrogen and oxygen atoms in total. The van der Waals surface area contributed by atoms with Gasteiger partial charge in [0.05, 0.1) is 17.6 Å². The first-order valence-corrected chi connectivity index (χ1v) is 5.36. The molecule has 0 unspecified atom stereocenters. The summed E-state index contributed by atoms with van der Waals surface area (Å²) in [4.78, 5) is 4.53. The summed E-state index contributed by atoms with van der Waals surface area (Å²) in [5.41, 5.74) is 3.20. The minimum atomic E-state index is 0.603. The van der Waals surface area contributed by atoms with Gasteiger partial charge in [0.1, 0.15) is 12.4 Å². The normalized spacial score (nSPS) is 15.6. The summed E-state index contributed by atoms with van der Waals surface area (Å²) in [6.45, 7) is 4.22. The van der Waals surface area contributed by atoms with E-state index in [-0.39, 0.29) is 0 Å². The zero-order chi connectivity index (χ0) is 10.4. The molecular weight excluding hydrogens is 212 g/mol. The third kappa shape index (κ3) is 1.34. The highest BCUT2D eigenvalue weighted by atomic mass is 35.5. The first kappa shape index (κ1) is 9.19. The van der Waals surface area contributed by atoms with Crippen LogP contribution in [0.25, 0.3) is 11.0 Å². The molecule has 15 heavy (non-hydrogen) atoms. The van der Waals surface area contributed by atoms with E-state index in [1.54, 1.807) is 0 Å². The van der Waals surface area contributed by atoms with Gasteiger partial charge in [0.25, 0.3) is 0 Å². The van der Waals surface area contributed by atoms with E-state index in [4.69, 9.17) is 16.3 Å². The Morgan fingerprint density at radius 2 is 2.33 bits per heavy atom. The number of fused-ring (bicyclic) bond motifs is 3. The van der Waals surface area contributed by atoms with Crippen molar-refractivity contribution < 1.29 is 4.74 Å². The van der Waals surface area contributed by atoms with Crippen LogP contribution >= 0.6 is 11.6 Å². The van der Waals surface area contributed by atoms with Crippen molar-refractivity contribution >= 4 is 22.6 Å². The van der Waals surface area contributed by atoms with Crippen molar-refractivity contribution in [3.05, 3.63) is 28.5 Å². The lowest BCUT2D eigenvalue weighted by Crippen LogP contribution is -2.16. The monoisotopic (exact) mass is 222 g/mol. The summed E-state index contributed by atoms with van der Waals surface area (Å²) < 4.78 is 7.55. The third-order valence-electron chi connectivity index (χ3n) is 2.80. The van der Waals surface area contributed by atoms with Crippen LogP contribution in [0.3, 0.4) is 0 Å². The Morgan fingerprint density at radius 1 is 1.47 bits per heavy atom. The lowest BCUT2D eigenvalue weighted by atomic mass is 10.2. The lowest BCUT2D eigenvalue weighted by molar-refractivity contribution is 0.0830. The summed E-state index contributed by atoms with van der Waals surface area (Å²) >= 11 is 6.11. The highest BCUT2D eigenvalue weighted by Gasteiger charge is 2.15. The van der Waals surface area contributed by atoms with Gasteiger partial charge in [0.2, 0.25) is 0 Å². The van der Waals surface area contributed by atoms with Crippen LogP contribution in [0.1, 0.15) is 11.4 Å². The topological polar surface area (TPSA) is 27.1 Å². The average molecular weight is 223 g/mol. The van der Waals surface area contributed by atoms with E-state index in [1.165, 1.54) is 0 Å². The van der Waals surface area contributed by atoms with Crippen molar-refractivity contribution in [2.45, 2.75) is 20.1 Å². The molecule has 2 heterocycles. The van der Waals surface area contributed by atoms with Gasteiger partial charge in [-0.1, -0.05) is 11.6 Å². The van der Waals surface area contributed by atoms with Crippen LogP contribution in [0.2, 0.25) is 5.02 Å². The molecule has 1 aliphatic heterocycles. The van der Waals surface area contributed by atoms with E-state index in [1.807, 2.05) is 19.1 Å². The number of aryl methyl sites for hydroxylation is 1. The number of rotatable bonds is 0. The van der Waals surface area contributed by atoms with Crippen LogP contribution in [0, 0.1) is 6.92 Å². The molecule has 0 fully saturated rings. The summed E-state index contributed by atoms with van der Waals surface area (Å²) in [5.74, 6) is 0.998. The molecule has 0 saturated heterocycles. The summed E-state index contributed by atoms with van der Waals surface area (Å²) in [5, 5.41) is 0.802. The van der Waals surface area contributed by atoms with Gasteiger partial charge in [-0.3, -0.25) is 0 Å². The van der Waals surface area contributed by atoms with Crippen molar-refractivity contribution in [1.29, 1.82) is 0 Å². The number of ether oxygens (including phenoxy) is 1. The molecule has 4 heteroatoms. The van der Waals surface area contributed by atoms with Crippen LogP contribution in [-0.2, 0) is 17.9 Å². The fourth-order valence-corrected chi connectivity index (χ4v) is 2.14. The van der Waals surface area contributed by atoms with E-state index in [0.717, 1.165) is 40.6 Å². The highest BCUT2D eigenvalue weighted by molar-refractivity contribution is 6.32. The van der Waals surface area contributed by atoms with Crippen molar-refractivity contribution in [2.24, 2.45) is 0 Å². The molecule has 0 spiro atoms. The number of nitrogens with zero attached hydrogens (tertiary/aromatic N) is 2. The van der Waals surface area contributed by atoms with Gasteiger partial charge in [-0.05, 0) is 24.6 Å². The quantitative estimate of drug-likeness (QED) is 0.685. The van der Waals surface area contributed by atoms with Gasteiger partial charge in [-0.25, -0.2) is 4.98 Å². The smallest absolute Gasteiger partial charge is 0.136 e. The Kier molecular flexibility index (Phi) is 1.97. The standard InChI is InChI=1S/C11H11ClN2O/c1-7-4-9-10(5-8(7)12)14-2-3-15-6-11(14)13-9/h4-5H,2-3,6H2,1H3. The SMILES string of the molecule is Cc1cc2nc3n(c2cc1Cl)CCOC3. The number of benzene rings is 1. The fraction of sp³-hybridized carbons (Fsp3) is 0.364. The molecule has 1 aromatic heterocycles. The van der Waals surface area contributed by atoms with Crippen LogP contribution < -0.4 is 0 Å². The number of imidazole rings is 1. The Balaban J connectivity index is 2.33. The maximum absolute atomic E-state index is 6.11. The number of hydrogen-bond donors (Lipinski definition) is 0. The van der Waals surface area contributed by atoms with Crippen molar-refractivity contribution in [3.8, 4) is 0 Å². The average Bonchev–Trinajstić information content (AvgIpc) is 2.57. The molecule has 0 radical (unpaired) electrons. The molecule has 78 valence electrons. The summed E-state index contributed by atoms with van der Waals surface area (Å²) in [6.07, 6.45) is 0. The van der Waals surface area contributed by atoms with Gasteiger partial charge >= 0.3 is 0 Å². The zero-order valence-corrected chi connectivity index (χ0v) is 9.21. The Morgan fingerprint density at radius 3 is 3.20 bits per heavy atom. The van der Waals surface area contributed by atoms with E-state index >= 15 is 0 Å². The molecule has 0 atom stereocenters. The van der Waals surface area contributed by atoms with Gasteiger partial charge in [-0.15, -0.1) is 0 Å². The van der Waals surface area contributed by atoms with Gasteiger partial charge in [0, 0.05) is 11.6 Å². The van der Waals surface area contributed by atoms with Crippen molar-refractivity contribution in [1.82, 2.24) is 9.55 Å². The second kappa shape index (κ2) is 3.22. The number of halogens is 1. The fourth-order valence-electron chi connectivity index (χ4n) is 1.98.